The van der Waals surface area contributed by atoms with Crippen molar-refractivity contribution in [2.75, 3.05) is 0 Å². The summed E-state index contributed by atoms with van der Waals surface area (Å²) in [6, 6.07) is 5.01. The van der Waals surface area contributed by atoms with Crippen LogP contribution < -0.4 is 4.74 Å². The first-order chi connectivity index (χ1) is 8.97. The van der Waals surface area contributed by atoms with Crippen LogP contribution in [0, 0.1) is 11.6 Å². The maximum Gasteiger partial charge on any atom is 0.224 e. The van der Waals surface area contributed by atoms with E-state index in [4.69, 9.17) is 16.3 Å². The Morgan fingerprint density at radius 2 is 1.95 bits per heavy atom. The van der Waals surface area contributed by atoms with Gasteiger partial charge in [-0.15, -0.1) is 0 Å². The zero-order valence-corrected chi connectivity index (χ0v) is 11.1. The molecule has 2 rings (SSSR count). The second-order valence-electron chi connectivity index (χ2n) is 4.20. The van der Waals surface area contributed by atoms with E-state index >= 15 is 0 Å². The van der Waals surface area contributed by atoms with Gasteiger partial charge in [0, 0.05) is 12.0 Å². The molecule has 19 heavy (non-hydrogen) atoms. The molecule has 0 aliphatic carbocycles. The molecule has 0 saturated heterocycles. The molecule has 6 heteroatoms. The highest BCUT2D eigenvalue weighted by Crippen LogP contribution is 2.26. The van der Waals surface area contributed by atoms with Gasteiger partial charge in [-0.1, -0.05) is 31.5 Å². The van der Waals surface area contributed by atoms with Crippen molar-refractivity contribution in [3.63, 3.8) is 0 Å². The van der Waals surface area contributed by atoms with Gasteiger partial charge in [-0.3, -0.25) is 0 Å². The predicted molar refractivity (Wildman–Crippen MR) is 67.6 cm³/mol. The summed E-state index contributed by atoms with van der Waals surface area (Å²) in [5.74, 6) is -1.71. The molecule has 1 aromatic heterocycles. The average molecular weight is 285 g/mol. The van der Waals surface area contributed by atoms with E-state index in [1.807, 2.05) is 13.8 Å². The monoisotopic (exact) mass is 284 g/mol. The third kappa shape index (κ3) is 3.17. The van der Waals surface area contributed by atoms with Gasteiger partial charge < -0.3 is 4.74 Å². The molecule has 0 unspecified atom stereocenters. The van der Waals surface area contributed by atoms with Crippen LogP contribution in [0.15, 0.2) is 24.3 Å². The maximum atomic E-state index is 13.5. The van der Waals surface area contributed by atoms with Crippen molar-refractivity contribution in [3.05, 3.63) is 46.9 Å². The highest BCUT2D eigenvalue weighted by molar-refractivity contribution is 6.29. The molecule has 2 aromatic rings. The Balaban J connectivity index is 2.35. The van der Waals surface area contributed by atoms with E-state index in [1.165, 1.54) is 18.2 Å². The number of benzene rings is 1. The van der Waals surface area contributed by atoms with Gasteiger partial charge in [0.15, 0.2) is 11.6 Å². The SMILES string of the molecule is CC(C)c1nc(Cl)cc(Oc2cccc(F)c2F)n1. The molecule has 0 bridgehead atoms. The standard InChI is InChI=1S/C13H11ClF2N2O/c1-7(2)13-17-10(14)6-11(18-13)19-9-5-3-4-8(15)12(9)16/h3-7H,1-2H3. The maximum absolute atomic E-state index is 13.5. The van der Waals surface area contributed by atoms with Crippen molar-refractivity contribution in [3.8, 4) is 11.6 Å². The van der Waals surface area contributed by atoms with Gasteiger partial charge in [-0.2, -0.15) is 9.37 Å². The lowest BCUT2D eigenvalue weighted by Gasteiger charge is -2.09. The molecule has 0 saturated carbocycles. The second-order valence-corrected chi connectivity index (χ2v) is 4.58. The van der Waals surface area contributed by atoms with E-state index in [1.54, 1.807) is 0 Å². The topological polar surface area (TPSA) is 35.0 Å². The molecule has 1 heterocycles. The molecule has 0 aliphatic heterocycles. The van der Waals surface area contributed by atoms with Gasteiger partial charge in [0.25, 0.3) is 0 Å². The molecule has 0 amide bonds. The zero-order chi connectivity index (χ0) is 14.0. The Hall–Kier alpha value is -1.75. The minimum absolute atomic E-state index is 0.0402. The van der Waals surface area contributed by atoms with Crippen molar-refractivity contribution in [2.24, 2.45) is 0 Å². The highest BCUT2D eigenvalue weighted by Gasteiger charge is 2.13. The fourth-order valence-corrected chi connectivity index (χ4v) is 1.58. The molecule has 3 nitrogen and oxygen atoms in total. The lowest BCUT2D eigenvalue weighted by Crippen LogP contribution is -2.00. The minimum atomic E-state index is -1.07. The first-order valence-corrected chi connectivity index (χ1v) is 6.01. The molecular formula is C13H11ClF2N2O. The van der Waals surface area contributed by atoms with Crippen LogP contribution in [0.1, 0.15) is 25.6 Å². The number of hydrogen-bond acceptors (Lipinski definition) is 3. The van der Waals surface area contributed by atoms with Crippen LogP contribution in [-0.4, -0.2) is 9.97 Å². The van der Waals surface area contributed by atoms with Gasteiger partial charge in [0.1, 0.15) is 11.0 Å². The normalized spacial score (nSPS) is 10.8. The molecule has 0 radical (unpaired) electrons. The summed E-state index contributed by atoms with van der Waals surface area (Å²) in [7, 11) is 0. The zero-order valence-electron chi connectivity index (χ0n) is 10.3. The van der Waals surface area contributed by atoms with Crippen LogP contribution in [0.4, 0.5) is 8.78 Å². The van der Waals surface area contributed by atoms with Crippen molar-refractivity contribution >= 4 is 11.6 Å². The van der Waals surface area contributed by atoms with E-state index in [-0.39, 0.29) is 22.7 Å². The smallest absolute Gasteiger partial charge is 0.224 e. The molecular weight excluding hydrogens is 274 g/mol. The van der Waals surface area contributed by atoms with Crippen molar-refractivity contribution in [1.82, 2.24) is 9.97 Å². The second kappa shape index (κ2) is 5.48. The van der Waals surface area contributed by atoms with Crippen LogP contribution in [-0.2, 0) is 0 Å². The Kier molecular flexibility index (Phi) is 3.95. The predicted octanol–water partition coefficient (Wildman–Crippen LogP) is 4.32. The summed E-state index contributed by atoms with van der Waals surface area (Å²) < 4.78 is 31.7. The summed E-state index contributed by atoms with van der Waals surface area (Å²) in [6.07, 6.45) is 0. The Bertz CT molecular complexity index is 605. The molecule has 100 valence electrons. The van der Waals surface area contributed by atoms with Crippen molar-refractivity contribution in [2.45, 2.75) is 19.8 Å². The van der Waals surface area contributed by atoms with Crippen LogP contribution in [0.2, 0.25) is 5.15 Å². The fourth-order valence-electron chi connectivity index (χ4n) is 1.40. The Labute approximate surface area is 114 Å². The van der Waals surface area contributed by atoms with Crippen LogP contribution in [0.3, 0.4) is 0 Å². The fraction of sp³-hybridized carbons (Fsp3) is 0.231. The Morgan fingerprint density at radius 1 is 1.21 bits per heavy atom. The van der Waals surface area contributed by atoms with Gasteiger partial charge in [-0.25, -0.2) is 9.37 Å². The number of ether oxygens (including phenoxy) is 1. The lowest BCUT2D eigenvalue weighted by molar-refractivity contribution is 0.402. The number of halogens is 3. The number of hydrogen-bond donors (Lipinski definition) is 0. The van der Waals surface area contributed by atoms with Crippen LogP contribution >= 0.6 is 11.6 Å². The van der Waals surface area contributed by atoms with E-state index in [2.05, 4.69) is 9.97 Å². The van der Waals surface area contributed by atoms with Gasteiger partial charge in [-0.05, 0) is 12.1 Å². The highest BCUT2D eigenvalue weighted by atomic mass is 35.5. The van der Waals surface area contributed by atoms with Gasteiger partial charge >= 0.3 is 0 Å². The third-order valence-electron chi connectivity index (χ3n) is 2.34. The van der Waals surface area contributed by atoms with Crippen molar-refractivity contribution < 1.29 is 13.5 Å². The largest absolute Gasteiger partial charge is 0.436 e. The number of nitrogens with zero attached hydrogens (tertiary/aromatic N) is 2. The summed E-state index contributed by atoms with van der Waals surface area (Å²) in [5, 5.41) is 0.186. The van der Waals surface area contributed by atoms with Gasteiger partial charge in [0.05, 0.1) is 0 Å². The number of rotatable bonds is 3. The lowest BCUT2D eigenvalue weighted by atomic mass is 10.2. The van der Waals surface area contributed by atoms with Crippen LogP contribution in [0.25, 0.3) is 0 Å². The minimum Gasteiger partial charge on any atom is -0.436 e. The summed E-state index contributed by atoms with van der Waals surface area (Å²) in [4.78, 5) is 8.11. The Morgan fingerprint density at radius 3 is 2.63 bits per heavy atom. The summed E-state index contributed by atoms with van der Waals surface area (Å²) in [5.41, 5.74) is 0. The van der Waals surface area contributed by atoms with Crippen LogP contribution in [0.5, 0.6) is 11.6 Å². The van der Waals surface area contributed by atoms with E-state index in [9.17, 15) is 8.78 Å². The summed E-state index contributed by atoms with van der Waals surface area (Å²) in [6.45, 7) is 3.77. The quantitative estimate of drug-likeness (QED) is 0.787. The average Bonchev–Trinajstić information content (AvgIpc) is 2.34. The van der Waals surface area contributed by atoms with E-state index < -0.39 is 11.6 Å². The van der Waals surface area contributed by atoms with Crippen molar-refractivity contribution in [1.29, 1.82) is 0 Å². The number of aromatic nitrogens is 2. The molecule has 1 aromatic carbocycles. The van der Waals surface area contributed by atoms with Gasteiger partial charge in [0.2, 0.25) is 11.7 Å². The molecule has 0 fully saturated rings. The van der Waals surface area contributed by atoms with E-state index in [0.29, 0.717) is 5.82 Å². The molecule has 0 spiro atoms. The summed E-state index contributed by atoms with van der Waals surface area (Å²) >= 11 is 5.83. The first-order valence-electron chi connectivity index (χ1n) is 5.63. The molecule has 0 atom stereocenters. The van der Waals surface area contributed by atoms with E-state index in [0.717, 1.165) is 6.07 Å². The molecule has 0 aliphatic rings. The molecule has 0 N–H and O–H groups in total. The third-order valence-corrected chi connectivity index (χ3v) is 2.53. The first kappa shape index (κ1) is 13.7.